The van der Waals surface area contributed by atoms with Gasteiger partial charge in [-0.3, -0.25) is 10.1 Å². The van der Waals surface area contributed by atoms with Gasteiger partial charge in [-0.05, 0) is 60.4 Å². The minimum absolute atomic E-state index is 0.00396. The van der Waals surface area contributed by atoms with Gasteiger partial charge in [0.15, 0.2) is 0 Å². The standard InChI is InChI=1S/C25H26N4O5S2/c1-4-18-12-17(3)13-22(15-18)34-11-10-33-21-8-6-19(7-9-21)14-20(16-26)23(30)27-24-28-29-25(35-24)36(31,32)5-2/h6-9,12-15H,4-5,10-11H2,1-3H3,(H,27,28,30). The Morgan fingerprint density at radius 3 is 2.42 bits per heavy atom. The number of hydrogen-bond acceptors (Lipinski definition) is 9. The van der Waals surface area contributed by atoms with Crippen LogP contribution in [0, 0.1) is 18.3 Å². The van der Waals surface area contributed by atoms with Crippen LogP contribution in [0.15, 0.2) is 52.4 Å². The lowest BCUT2D eigenvalue weighted by Gasteiger charge is -2.10. The number of sulfone groups is 1. The normalized spacial score (nSPS) is 11.6. The molecule has 0 atom stereocenters. The number of aryl methyl sites for hydroxylation is 2. The number of carbonyl (C=O) groups is 1. The Balaban J connectivity index is 1.55. The lowest BCUT2D eigenvalue weighted by atomic mass is 10.1. The zero-order valence-electron chi connectivity index (χ0n) is 20.1. The first kappa shape index (κ1) is 26.8. The Hall–Kier alpha value is -3.75. The maximum Gasteiger partial charge on any atom is 0.268 e. The number of benzene rings is 2. The summed E-state index contributed by atoms with van der Waals surface area (Å²) >= 11 is 0.734. The predicted octanol–water partition coefficient (Wildman–Crippen LogP) is 4.21. The van der Waals surface area contributed by atoms with Crippen LogP contribution >= 0.6 is 11.3 Å². The Kier molecular flexibility index (Phi) is 9.16. The van der Waals surface area contributed by atoms with E-state index in [4.69, 9.17) is 9.47 Å². The summed E-state index contributed by atoms with van der Waals surface area (Å²) in [5.74, 6) is 0.595. The summed E-state index contributed by atoms with van der Waals surface area (Å²) in [7, 11) is -3.52. The van der Waals surface area contributed by atoms with Gasteiger partial charge >= 0.3 is 0 Å². The van der Waals surface area contributed by atoms with Crippen LogP contribution in [0.1, 0.15) is 30.5 Å². The predicted molar refractivity (Wildman–Crippen MR) is 138 cm³/mol. The number of amides is 1. The van der Waals surface area contributed by atoms with Gasteiger partial charge in [-0.25, -0.2) is 8.42 Å². The fourth-order valence-electron chi connectivity index (χ4n) is 3.08. The second-order valence-electron chi connectivity index (χ2n) is 7.67. The van der Waals surface area contributed by atoms with E-state index in [1.54, 1.807) is 24.3 Å². The minimum Gasteiger partial charge on any atom is -0.490 e. The summed E-state index contributed by atoms with van der Waals surface area (Å²) in [5.41, 5.74) is 2.81. The Bertz CT molecular complexity index is 1390. The summed E-state index contributed by atoms with van der Waals surface area (Å²) in [4.78, 5) is 12.4. The highest BCUT2D eigenvalue weighted by molar-refractivity contribution is 7.93. The highest BCUT2D eigenvalue weighted by atomic mass is 32.2. The summed E-state index contributed by atoms with van der Waals surface area (Å²) in [6, 6.07) is 14.9. The molecule has 1 N–H and O–H groups in total. The quantitative estimate of drug-likeness (QED) is 0.170. The molecule has 0 spiro atoms. The lowest BCUT2D eigenvalue weighted by molar-refractivity contribution is -0.112. The topological polar surface area (TPSA) is 131 Å². The van der Waals surface area contributed by atoms with E-state index in [2.05, 4.69) is 28.5 Å². The zero-order valence-corrected chi connectivity index (χ0v) is 21.8. The highest BCUT2D eigenvalue weighted by Crippen LogP contribution is 2.22. The van der Waals surface area contributed by atoms with E-state index >= 15 is 0 Å². The zero-order chi connectivity index (χ0) is 26.1. The first-order valence-corrected chi connectivity index (χ1v) is 13.7. The molecule has 3 rings (SSSR count). The van der Waals surface area contributed by atoms with Crippen molar-refractivity contribution in [2.75, 3.05) is 24.3 Å². The van der Waals surface area contributed by atoms with Crippen LogP contribution in [0.2, 0.25) is 0 Å². The molecule has 2 aromatic carbocycles. The number of aromatic nitrogens is 2. The van der Waals surface area contributed by atoms with Crippen LogP contribution in [-0.2, 0) is 21.1 Å². The molecule has 0 aliphatic heterocycles. The van der Waals surface area contributed by atoms with Gasteiger partial charge in [-0.1, -0.05) is 43.4 Å². The Morgan fingerprint density at radius 2 is 1.78 bits per heavy atom. The first-order valence-electron chi connectivity index (χ1n) is 11.2. The van der Waals surface area contributed by atoms with Crippen LogP contribution in [0.5, 0.6) is 11.5 Å². The molecule has 11 heteroatoms. The fourth-order valence-corrected chi connectivity index (χ4v) is 5.06. The van der Waals surface area contributed by atoms with Crippen molar-refractivity contribution in [2.24, 2.45) is 0 Å². The molecule has 0 bridgehead atoms. The molecule has 0 radical (unpaired) electrons. The second kappa shape index (κ2) is 12.3. The summed E-state index contributed by atoms with van der Waals surface area (Å²) in [5, 5.41) is 19.1. The maximum atomic E-state index is 12.4. The minimum atomic E-state index is -3.52. The van der Waals surface area contributed by atoms with Gasteiger partial charge < -0.3 is 9.47 Å². The molecule has 1 heterocycles. The van der Waals surface area contributed by atoms with Crippen molar-refractivity contribution in [3.05, 3.63) is 64.7 Å². The van der Waals surface area contributed by atoms with E-state index < -0.39 is 15.7 Å². The number of anilines is 1. The monoisotopic (exact) mass is 526 g/mol. The molecule has 0 aliphatic carbocycles. The molecule has 0 saturated heterocycles. The van der Waals surface area contributed by atoms with Crippen LogP contribution in [0.4, 0.5) is 5.13 Å². The van der Waals surface area contributed by atoms with E-state index in [0.29, 0.717) is 24.5 Å². The molecule has 1 aromatic heterocycles. The fraction of sp³-hybridized carbons (Fsp3) is 0.280. The smallest absolute Gasteiger partial charge is 0.268 e. The van der Waals surface area contributed by atoms with Gasteiger partial charge in [0, 0.05) is 0 Å². The van der Waals surface area contributed by atoms with E-state index in [-0.39, 0.29) is 20.8 Å². The van der Waals surface area contributed by atoms with E-state index in [1.807, 2.05) is 25.1 Å². The third-order valence-electron chi connectivity index (χ3n) is 4.97. The van der Waals surface area contributed by atoms with Crippen molar-refractivity contribution < 1.29 is 22.7 Å². The number of rotatable bonds is 11. The number of nitrogens with zero attached hydrogens (tertiary/aromatic N) is 3. The van der Waals surface area contributed by atoms with Crippen molar-refractivity contribution in [2.45, 2.75) is 31.5 Å². The van der Waals surface area contributed by atoms with Gasteiger partial charge in [0.2, 0.25) is 19.3 Å². The van der Waals surface area contributed by atoms with Gasteiger partial charge in [-0.2, -0.15) is 5.26 Å². The summed E-state index contributed by atoms with van der Waals surface area (Å²) in [6.45, 7) is 6.37. The molecule has 0 fully saturated rings. The summed E-state index contributed by atoms with van der Waals surface area (Å²) < 4.78 is 35.0. The number of nitriles is 1. The second-order valence-corrected chi connectivity index (χ2v) is 11.1. The molecule has 3 aromatic rings. The van der Waals surface area contributed by atoms with Crippen molar-refractivity contribution in [3.63, 3.8) is 0 Å². The number of ether oxygens (including phenoxy) is 2. The molecular formula is C25H26N4O5S2. The molecule has 0 saturated carbocycles. The molecule has 0 aliphatic rings. The average Bonchev–Trinajstić information content (AvgIpc) is 3.35. The van der Waals surface area contributed by atoms with Gasteiger partial charge in [-0.15, -0.1) is 10.2 Å². The molecular weight excluding hydrogens is 500 g/mol. The number of hydrogen-bond donors (Lipinski definition) is 1. The first-order chi connectivity index (χ1) is 17.2. The average molecular weight is 527 g/mol. The van der Waals surface area contributed by atoms with E-state index in [9.17, 15) is 18.5 Å². The van der Waals surface area contributed by atoms with Crippen LogP contribution < -0.4 is 14.8 Å². The number of carbonyl (C=O) groups excluding carboxylic acids is 1. The third kappa shape index (κ3) is 7.37. The number of nitrogens with one attached hydrogen (secondary N) is 1. The van der Waals surface area contributed by atoms with Crippen LogP contribution in [-0.4, -0.2) is 43.5 Å². The molecule has 36 heavy (non-hydrogen) atoms. The van der Waals surface area contributed by atoms with E-state index in [1.165, 1.54) is 18.6 Å². The molecule has 9 nitrogen and oxygen atoms in total. The van der Waals surface area contributed by atoms with Crippen molar-refractivity contribution in [1.82, 2.24) is 10.2 Å². The lowest BCUT2D eigenvalue weighted by Crippen LogP contribution is -2.13. The van der Waals surface area contributed by atoms with Crippen molar-refractivity contribution in [3.8, 4) is 17.6 Å². The molecule has 1 amide bonds. The third-order valence-corrected chi connectivity index (χ3v) is 7.99. The van der Waals surface area contributed by atoms with Crippen LogP contribution in [0.3, 0.4) is 0 Å². The van der Waals surface area contributed by atoms with Crippen molar-refractivity contribution in [1.29, 1.82) is 5.26 Å². The van der Waals surface area contributed by atoms with Gasteiger partial charge in [0.25, 0.3) is 5.91 Å². The van der Waals surface area contributed by atoms with E-state index in [0.717, 1.165) is 29.1 Å². The molecule has 0 unspecified atom stereocenters. The SMILES string of the molecule is CCc1cc(C)cc(OCCOc2ccc(C=C(C#N)C(=O)Nc3nnc(S(=O)(=O)CC)s3)cc2)c1. The van der Waals surface area contributed by atoms with Gasteiger partial charge in [0.05, 0.1) is 5.75 Å². The largest absolute Gasteiger partial charge is 0.490 e. The Labute approximate surface area is 214 Å². The van der Waals surface area contributed by atoms with Gasteiger partial charge in [0.1, 0.15) is 36.4 Å². The highest BCUT2D eigenvalue weighted by Gasteiger charge is 2.19. The summed E-state index contributed by atoms with van der Waals surface area (Å²) in [6.07, 6.45) is 2.35. The van der Waals surface area contributed by atoms with Crippen LogP contribution in [0.25, 0.3) is 6.08 Å². The molecule has 188 valence electrons. The van der Waals surface area contributed by atoms with Crippen molar-refractivity contribution >= 4 is 38.3 Å². The maximum absolute atomic E-state index is 12.4. The Morgan fingerprint density at radius 1 is 1.08 bits per heavy atom.